The van der Waals surface area contributed by atoms with Gasteiger partial charge in [-0.1, -0.05) is 31.5 Å². The summed E-state index contributed by atoms with van der Waals surface area (Å²) < 4.78 is 5.74. The molecule has 0 N–H and O–H groups in total. The Labute approximate surface area is 134 Å². The lowest BCUT2D eigenvalue weighted by Gasteiger charge is -2.36. The molecule has 3 atom stereocenters. The van der Waals surface area contributed by atoms with Crippen LogP contribution >= 0.6 is 11.6 Å². The maximum Gasteiger partial charge on any atom is 0.124 e. The number of alkyl halides is 1. The first-order chi connectivity index (χ1) is 9.99. The average Bonchev–Trinajstić information content (AvgIpc) is 2.39. The van der Waals surface area contributed by atoms with Gasteiger partial charge in [-0.2, -0.15) is 0 Å². The summed E-state index contributed by atoms with van der Waals surface area (Å²) in [5, 5.41) is -0.0102. The molecule has 0 saturated carbocycles. The zero-order valence-electron chi connectivity index (χ0n) is 13.7. The third kappa shape index (κ3) is 4.62. The molecule has 1 saturated heterocycles. The van der Waals surface area contributed by atoms with E-state index in [2.05, 4.69) is 37.8 Å². The zero-order chi connectivity index (χ0) is 15.4. The van der Waals surface area contributed by atoms with E-state index in [0.29, 0.717) is 6.61 Å². The zero-order valence-corrected chi connectivity index (χ0v) is 14.5. The van der Waals surface area contributed by atoms with Crippen molar-refractivity contribution in [3.8, 4) is 5.75 Å². The van der Waals surface area contributed by atoms with Crippen molar-refractivity contribution < 1.29 is 4.74 Å². The highest BCUT2D eigenvalue weighted by atomic mass is 35.5. The number of nitrogens with zero attached hydrogens (tertiary/aromatic N) is 1. The maximum atomic E-state index is 6.73. The summed E-state index contributed by atoms with van der Waals surface area (Å²) in [5.41, 5.74) is 2.36. The largest absolute Gasteiger partial charge is 0.494 e. The SMILES string of the molecule is CCOc1ccc(C)cc1C(Cl)CN1CC(C)CC(C)C1. The molecule has 1 aliphatic rings. The number of hydrogen-bond acceptors (Lipinski definition) is 2. The van der Waals surface area contributed by atoms with Gasteiger partial charge in [0.2, 0.25) is 0 Å². The Morgan fingerprint density at radius 3 is 2.57 bits per heavy atom. The fourth-order valence-electron chi connectivity index (χ4n) is 3.47. The Kier molecular flexibility index (Phi) is 5.95. The number of benzene rings is 1. The van der Waals surface area contributed by atoms with Gasteiger partial charge in [-0.05, 0) is 38.2 Å². The molecule has 1 aliphatic heterocycles. The summed E-state index contributed by atoms with van der Waals surface area (Å²) in [4.78, 5) is 2.51. The van der Waals surface area contributed by atoms with Crippen LogP contribution in [0.2, 0.25) is 0 Å². The first kappa shape index (κ1) is 16.6. The molecule has 1 aromatic rings. The van der Waals surface area contributed by atoms with E-state index >= 15 is 0 Å². The van der Waals surface area contributed by atoms with Crippen molar-refractivity contribution in [1.29, 1.82) is 0 Å². The molecule has 0 bridgehead atoms. The topological polar surface area (TPSA) is 12.5 Å². The minimum atomic E-state index is -0.0102. The first-order valence-electron chi connectivity index (χ1n) is 8.09. The first-order valence-corrected chi connectivity index (χ1v) is 8.53. The van der Waals surface area contributed by atoms with Gasteiger partial charge >= 0.3 is 0 Å². The van der Waals surface area contributed by atoms with E-state index in [1.807, 2.05) is 13.0 Å². The number of aryl methyl sites for hydroxylation is 1. The fourth-order valence-corrected chi connectivity index (χ4v) is 3.83. The lowest BCUT2D eigenvalue weighted by molar-refractivity contribution is 0.140. The summed E-state index contributed by atoms with van der Waals surface area (Å²) in [7, 11) is 0. The molecule has 1 fully saturated rings. The van der Waals surface area contributed by atoms with Crippen molar-refractivity contribution in [2.45, 2.75) is 39.5 Å². The van der Waals surface area contributed by atoms with Gasteiger partial charge in [0, 0.05) is 25.2 Å². The van der Waals surface area contributed by atoms with Gasteiger partial charge < -0.3 is 9.64 Å². The number of rotatable bonds is 5. The highest BCUT2D eigenvalue weighted by molar-refractivity contribution is 6.21. The van der Waals surface area contributed by atoms with E-state index < -0.39 is 0 Å². The monoisotopic (exact) mass is 309 g/mol. The second kappa shape index (κ2) is 7.51. The number of ether oxygens (including phenoxy) is 1. The van der Waals surface area contributed by atoms with Crippen molar-refractivity contribution in [3.63, 3.8) is 0 Å². The lowest BCUT2D eigenvalue weighted by Crippen LogP contribution is -2.40. The summed E-state index contributed by atoms with van der Waals surface area (Å²) in [6, 6.07) is 6.30. The van der Waals surface area contributed by atoms with Gasteiger partial charge in [0.15, 0.2) is 0 Å². The quantitative estimate of drug-likeness (QED) is 0.734. The minimum absolute atomic E-state index is 0.0102. The van der Waals surface area contributed by atoms with E-state index in [1.165, 1.54) is 12.0 Å². The molecule has 0 spiro atoms. The summed E-state index contributed by atoms with van der Waals surface area (Å²) in [6.45, 7) is 12.7. The Balaban J connectivity index is 2.08. The van der Waals surface area contributed by atoms with Crippen molar-refractivity contribution in [3.05, 3.63) is 29.3 Å². The smallest absolute Gasteiger partial charge is 0.124 e. The van der Waals surface area contributed by atoms with Crippen molar-refractivity contribution >= 4 is 11.6 Å². The number of likely N-dealkylation sites (tertiary alicyclic amines) is 1. The number of hydrogen-bond donors (Lipinski definition) is 0. The second-order valence-corrected chi connectivity index (χ2v) is 7.13. The molecule has 21 heavy (non-hydrogen) atoms. The van der Waals surface area contributed by atoms with Crippen LogP contribution in [0.3, 0.4) is 0 Å². The second-order valence-electron chi connectivity index (χ2n) is 6.61. The van der Waals surface area contributed by atoms with Crippen molar-refractivity contribution in [2.24, 2.45) is 11.8 Å². The van der Waals surface area contributed by atoms with Gasteiger partial charge in [0.1, 0.15) is 5.75 Å². The van der Waals surface area contributed by atoms with Gasteiger partial charge in [-0.15, -0.1) is 11.6 Å². The number of piperidine rings is 1. The predicted octanol–water partition coefficient (Wildman–Crippen LogP) is 4.65. The minimum Gasteiger partial charge on any atom is -0.494 e. The van der Waals surface area contributed by atoms with Crippen molar-refractivity contribution in [1.82, 2.24) is 4.90 Å². The highest BCUT2D eigenvalue weighted by Crippen LogP contribution is 2.33. The van der Waals surface area contributed by atoms with E-state index in [0.717, 1.165) is 42.8 Å². The van der Waals surface area contributed by atoms with Crippen LogP contribution in [0.1, 0.15) is 43.7 Å². The molecule has 3 unspecified atom stereocenters. The molecule has 0 aliphatic carbocycles. The molecular formula is C18H28ClNO. The maximum absolute atomic E-state index is 6.73. The van der Waals surface area contributed by atoms with E-state index in [1.54, 1.807) is 0 Å². The van der Waals surface area contributed by atoms with Gasteiger partial charge in [-0.25, -0.2) is 0 Å². The third-order valence-electron chi connectivity index (χ3n) is 4.17. The summed E-state index contributed by atoms with van der Waals surface area (Å²) in [5.74, 6) is 2.46. The van der Waals surface area contributed by atoms with Gasteiger partial charge in [-0.3, -0.25) is 0 Å². The van der Waals surface area contributed by atoms with Crippen molar-refractivity contribution in [2.75, 3.05) is 26.2 Å². The Morgan fingerprint density at radius 2 is 1.95 bits per heavy atom. The number of halogens is 1. The van der Waals surface area contributed by atoms with E-state index in [-0.39, 0.29) is 5.38 Å². The standard InChI is InChI=1S/C18H28ClNO/c1-5-21-18-7-6-13(2)9-16(18)17(19)12-20-10-14(3)8-15(4)11-20/h6-7,9,14-15,17H,5,8,10-12H2,1-4H3. The van der Waals surface area contributed by atoms with E-state index in [9.17, 15) is 0 Å². The van der Waals surface area contributed by atoms with Crippen LogP contribution in [0, 0.1) is 18.8 Å². The molecule has 2 nitrogen and oxygen atoms in total. The normalized spacial score (nSPS) is 24.8. The highest BCUT2D eigenvalue weighted by Gasteiger charge is 2.25. The van der Waals surface area contributed by atoms with Crippen LogP contribution in [0.4, 0.5) is 0 Å². The lowest BCUT2D eigenvalue weighted by atomic mass is 9.91. The molecule has 0 aromatic heterocycles. The molecule has 3 heteroatoms. The van der Waals surface area contributed by atoms with Crippen LogP contribution in [-0.4, -0.2) is 31.1 Å². The van der Waals surface area contributed by atoms with Crippen LogP contribution in [0.25, 0.3) is 0 Å². The Morgan fingerprint density at radius 1 is 1.29 bits per heavy atom. The molecule has 0 amide bonds. The molecule has 2 rings (SSSR count). The summed E-state index contributed by atoms with van der Waals surface area (Å²) >= 11 is 6.73. The molecule has 0 radical (unpaired) electrons. The van der Waals surface area contributed by atoms with Crippen LogP contribution in [0.5, 0.6) is 5.75 Å². The van der Waals surface area contributed by atoms with E-state index in [4.69, 9.17) is 16.3 Å². The average molecular weight is 310 g/mol. The molecule has 118 valence electrons. The Bertz CT molecular complexity index is 453. The Hall–Kier alpha value is -0.730. The van der Waals surface area contributed by atoms with Gasteiger partial charge in [0.25, 0.3) is 0 Å². The third-order valence-corrected chi connectivity index (χ3v) is 4.54. The summed E-state index contributed by atoms with van der Waals surface area (Å²) in [6.07, 6.45) is 1.33. The molecule has 1 heterocycles. The predicted molar refractivity (Wildman–Crippen MR) is 90.3 cm³/mol. The fraction of sp³-hybridized carbons (Fsp3) is 0.667. The van der Waals surface area contributed by atoms with Crippen LogP contribution < -0.4 is 4.74 Å². The molecule has 1 aromatic carbocycles. The van der Waals surface area contributed by atoms with Crippen LogP contribution in [-0.2, 0) is 0 Å². The van der Waals surface area contributed by atoms with Gasteiger partial charge in [0.05, 0.1) is 12.0 Å². The van der Waals surface area contributed by atoms with Crippen LogP contribution in [0.15, 0.2) is 18.2 Å². The molecular weight excluding hydrogens is 282 g/mol.